The molecule has 0 unspecified atom stereocenters. The van der Waals surface area contributed by atoms with Crippen LogP contribution in [0.3, 0.4) is 0 Å². The zero-order chi connectivity index (χ0) is 15.5. The molecule has 4 nitrogen and oxygen atoms in total. The minimum absolute atomic E-state index is 0.294. The summed E-state index contributed by atoms with van der Waals surface area (Å²) in [6.45, 7) is 2.61. The summed E-state index contributed by atoms with van der Waals surface area (Å²) in [4.78, 5) is 2.62. The van der Waals surface area contributed by atoms with Crippen LogP contribution in [0.2, 0.25) is 0 Å². The molecular formula is C18H27NO3. The Morgan fingerprint density at radius 1 is 1.18 bits per heavy atom. The van der Waals surface area contributed by atoms with E-state index in [1.165, 1.54) is 30.5 Å². The number of rotatable bonds is 5. The van der Waals surface area contributed by atoms with Gasteiger partial charge in [0, 0.05) is 19.2 Å². The summed E-state index contributed by atoms with van der Waals surface area (Å²) >= 11 is 0. The number of hydrogen-bond donors (Lipinski definition) is 1. The van der Waals surface area contributed by atoms with Crippen molar-refractivity contribution in [2.24, 2.45) is 5.92 Å². The highest BCUT2D eigenvalue weighted by molar-refractivity contribution is 5.49. The van der Waals surface area contributed by atoms with Crippen molar-refractivity contribution >= 4 is 0 Å². The van der Waals surface area contributed by atoms with Crippen molar-refractivity contribution in [3.05, 3.63) is 23.3 Å². The standard InChI is InChI=1S/C18H27NO3/c1-21-16-11-14-7-9-19-8-3-5-13(6-4-10-20)18(19)15(14)12-17(16)22-2/h11-13,18,20H,3-10H2,1-2H3/t13-,18+/m0/s1. The summed E-state index contributed by atoms with van der Waals surface area (Å²) < 4.78 is 11.0. The minimum Gasteiger partial charge on any atom is -0.493 e. The molecule has 3 rings (SSSR count). The summed E-state index contributed by atoms with van der Waals surface area (Å²) in [5.41, 5.74) is 2.81. The number of fused-ring (bicyclic) bond motifs is 3. The molecule has 1 aromatic carbocycles. The summed E-state index contributed by atoms with van der Waals surface area (Å²) in [6.07, 6.45) is 5.62. The lowest BCUT2D eigenvalue weighted by molar-refractivity contribution is 0.0741. The summed E-state index contributed by atoms with van der Waals surface area (Å²) in [7, 11) is 3.40. The van der Waals surface area contributed by atoms with Gasteiger partial charge >= 0.3 is 0 Å². The topological polar surface area (TPSA) is 41.9 Å². The van der Waals surface area contributed by atoms with Gasteiger partial charge in [0.25, 0.3) is 0 Å². The molecule has 1 fully saturated rings. The molecule has 0 radical (unpaired) electrons. The van der Waals surface area contributed by atoms with Gasteiger partial charge in [0.2, 0.25) is 0 Å². The summed E-state index contributed by atoms with van der Waals surface area (Å²) in [6, 6.07) is 4.81. The highest BCUT2D eigenvalue weighted by Gasteiger charge is 2.36. The Morgan fingerprint density at radius 3 is 2.68 bits per heavy atom. The molecule has 0 aromatic heterocycles. The zero-order valence-electron chi connectivity index (χ0n) is 13.7. The number of ether oxygens (including phenoxy) is 2. The van der Waals surface area contributed by atoms with Crippen molar-refractivity contribution in [3.8, 4) is 11.5 Å². The highest BCUT2D eigenvalue weighted by Crippen LogP contribution is 2.45. The molecule has 2 heterocycles. The van der Waals surface area contributed by atoms with Crippen molar-refractivity contribution in [1.29, 1.82) is 0 Å². The quantitative estimate of drug-likeness (QED) is 0.908. The van der Waals surface area contributed by atoms with Gasteiger partial charge in [0.05, 0.1) is 14.2 Å². The maximum Gasteiger partial charge on any atom is 0.161 e. The molecular weight excluding hydrogens is 278 g/mol. The molecule has 122 valence electrons. The first-order chi connectivity index (χ1) is 10.8. The second-order valence-electron chi connectivity index (χ2n) is 6.40. The number of nitrogens with zero attached hydrogens (tertiary/aromatic N) is 1. The van der Waals surface area contributed by atoms with Crippen molar-refractivity contribution in [2.45, 2.75) is 38.1 Å². The lowest BCUT2D eigenvalue weighted by Crippen LogP contribution is -2.43. The molecule has 0 aliphatic carbocycles. The molecule has 0 saturated carbocycles. The fraction of sp³-hybridized carbons (Fsp3) is 0.667. The van der Waals surface area contributed by atoms with Gasteiger partial charge in [-0.25, -0.2) is 0 Å². The Bertz CT molecular complexity index is 517. The third-order valence-electron chi connectivity index (χ3n) is 5.23. The van der Waals surface area contributed by atoms with Gasteiger partial charge in [-0.15, -0.1) is 0 Å². The van der Waals surface area contributed by atoms with Crippen LogP contribution in [0.15, 0.2) is 12.1 Å². The predicted molar refractivity (Wildman–Crippen MR) is 86.6 cm³/mol. The number of hydrogen-bond acceptors (Lipinski definition) is 4. The molecule has 0 bridgehead atoms. The van der Waals surface area contributed by atoms with E-state index in [0.717, 1.165) is 37.3 Å². The Hall–Kier alpha value is -1.26. The Labute approximate surface area is 133 Å². The first-order valence-electron chi connectivity index (χ1n) is 8.38. The monoisotopic (exact) mass is 305 g/mol. The summed E-state index contributed by atoms with van der Waals surface area (Å²) in [5.74, 6) is 2.30. The average molecular weight is 305 g/mol. The molecule has 1 aromatic rings. The van der Waals surface area contributed by atoms with E-state index in [1.807, 2.05) is 0 Å². The van der Waals surface area contributed by atoms with E-state index in [9.17, 15) is 5.11 Å². The Balaban J connectivity index is 1.96. The van der Waals surface area contributed by atoms with Crippen LogP contribution in [0, 0.1) is 5.92 Å². The Kier molecular flexibility index (Phi) is 4.89. The summed E-state index contributed by atoms with van der Waals surface area (Å²) in [5, 5.41) is 9.19. The Morgan fingerprint density at radius 2 is 1.95 bits per heavy atom. The average Bonchev–Trinajstić information content (AvgIpc) is 2.58. The first-order valence-corrected chi connectivity index (χ1v) is 8.38. The SMILES string of the molecule is COc1cc2c(cc1OC)[C@H]1[C@H](CCCO)CCCN1CC2. The third kappa shape index (κ3) is 2.82. The fourth-order valence-electron chi connectivity index (χ4n) is 4.20. The van der Waals surface area contributed by atoms with E-state index in [4.69, 9.17) is 9.47 Å². The maximum atomic E-state index is 9.19. The number of piperidine rings is 1. The van der Waals surface area contributed by atoms with E-state index < -0.39 is 0 Å². The van der Waals surface area contributed by atoms with Gasteiger partial charge < -0.3 is 14.6 Å². The lowest BCUT2D eigenvalue weighted by atomic mass is 9.77. The van der Waals surface area contributed by atoms with Crippen LogP contribution in [0.4, 0.5) is 0 Å². The van der Waals surface area contributed by atoms with Crippen LogP contribution in [0.1, 0.15) is 42.9 Å². The van der Waals surface area contributed by atoms with Gasteiger partial charge in [-0.2, -0.15) is 0 Å². The molecule has 0 amide bonds. The first kappa shape index (κ1) is 15.6. The second-order valence-corrected chi connectivity index (χ2v) is 6.40. The molecule has 4 heteroatoms. The molecule has 2 aliphatic rings. The van der Waals surface area contributed by atoms with E-state index in [1.54, 1.807) is 14.2 Å². The zero-order valence-corrected chi connectivity index (χ0v) is 13.7. The number of aliphatic hydroxyl groups excluding tert-OH is 1. The van der Waals surface area contributed by atoms with Crippen LogP contribution >= 0.6 is 0 Å². The smallest absolute Gasteiger partial charge is 0.161 e. The van der Waals surface area contributed by atoms with Gasteiger partial charge in [-0.05, 0) is 67.8 Å². The number of aliphatic hydroxyl groups is 1. The van der Waals surface area contributed by atoms with Crippen molar-refractivity contribution in [3.63, 3.8) is 0 Å². The van der Waals surface area contributed by atoms with E-state index >= 15 is 0 Å². The van der Waals surface area contributed by atoms with Gasteiger partial charge in [-0.3, -0.25) is 4.90 Å². The van der Waals surface area contributed by atoms with Gasteiger partial charge in [0.15, 0.2) is 11.5 Å². The predicted octanol–water partition coefficient (Wildman–Crippen LogP) is 2.79. The maximum absolute atomic E-state index is 9.19. The van der Waals surface area contributed by atoms with Crippen LogP contribution in [-0.4, -0.2) is 43.9 Å². The second kappa shape index (κ2) is 6.88. The molecule has 22 heavy (non-hydrogen) atoms. The molecule has 0 spiro atoms. The highest BCUT2D eigenvalue weighted by atomic mass is 16.5. The number of benzene rings is 1. The van der Waals surface area contributed by atoms with E-state index in [2.05, 4.69) is 17.0 Å². The number of methoxy groups -OCH3 is 2. The van der Waals surface area contributed by atoms with Crippen LogP contribution in [0.25, 0.3) is 0 Å². The van der Waals surface area contributed by atoms with Crippen molar-refractivity contribution in [2.75, 3.05) is 33.9 Å². The van der Waals surface area contributed by atoms with Crippen molar-refractivity contribution < 1.29 is 14.6 Å². The molecule has 2 atom stereocenters. The molecule has 1 saturated heterocycles. The van der Waals surface area contributed by atoms with Crippen LogP contribution in [-0.2, 0) is 6.42 Å². The van der Waals surface area contributed by atoms with Gasteiger partial charge in [-0.1, -0.05) is 0 Å². The van der Waals surface area contributed by atoms with E-state index in [0.29, 0.717) is 18.6 Å². The normalized spacial score (nSPS) is 24.5. The van der Waals surface area contributed by atoms with E-state index in [-0.39, 0.29) is 0 Å². The largest absolute Gasteiger partial charge is 0.493 e. The van der Waals surface area contributed by atoms with Crippen LogP contribution in [0.5, 0.6) is 11.5 Å². The fourth-order valence-corrected chi connectivity index (χ4v) is 4.20. The van der Waals surface area contributed by atoms with Crippen LogP contribution < -0.4 is 9.47 Å². The molecule has 2 aliphatic heterocycles. The molecule has 1 N–H and O–H groups in total. The van der Waals surface area contributed by atoms with Crippen molar-refractivity contribution in [1.82, 2.24) is 4.90 Å². The minimum atomic E-state index is 0.294. The lowest BCUT2D eigenvalue weighted by Gasteiger charge is -2.45. The van der Waals surface area contributed by atoms with Gasteiger partial charge in [0.1, 0.15) is 0 Å². The third-order valence-corrected chi connectivity index (χ3v) is 5.23.